The summed E-state index contributed by atoms with van der Waals surface area (Å²) in [4.78, 5) is 33.8. The zero-order valence-corrected chi connectivity index (χ0v) is 25.2. The average molecular weight is 583 g/mol. The zero-order valence-electron chi connectivity index (χ0n) is 24.4. The molecule has 6 rings (SSSR count). The molecule has 4 aromatic rings. The molecule has 3 heterocycles. The Balaban J connectivity index is 1.50. The standard InChI is InChI=1S/C34H34N2O5S/c1-18(2)11-12-40-25-8-6-7-22(17-25)30-28(31(37)23-9-10-26-24(16-23)15-21(5)41-26)32(38)33(39)36(30)34-35-29-20(4)13-19(3)14-27(29)42-34/h6-10,13-14,16-18,21,30,37H,11-12,15H2,1-5H3/b31-28+/t21-,30+/m1/s1. The minimum Gasteiger partial charge on any atom is -0.507 e. The van der Waals surface area contributed by atoms with E-state index in [2.05, 4.69) is 13.8 Å². The number of nitrogens with zero attached hydrogens (tertiary/aromatic N) is 2. The third-order valence-corrected chi connectivity index (χ3v) is 8.78. The molecule has 1 fully saturated rings. The lowest BCUT2D eigenvalue weighted by atomic mass is 9.94. The Bertz CT molecular complexity index is 1750. The fourth-order valence-electron chi connectivity index (χ4n) is 5.72. The number of carbonyl (C=O) groups excluding carboxylic acids is 2. The molecule has 0 bridgehead atoms. The van der Waals surface area contributed by atoms with Gasteiger partial charge in [0.2, 0.25) is 0 Å². The lowest BCUT2D eigenvalue weighted by Gasteiger charge is -2.23. The van der Waals surface area contributed by atoms with Gasteiger partial charge in [-0.05, 0) is 91.8 Å². The van der Waals surface area contributed by atoms with Crippen LogP contribution in [0.1, 0.15) is 61.1 Å². The summed E-state index contributed by atoms with van der Waals surface area (Å²) in [5.41, 5.74) is 4.98. The van der Waals surface area contributed by atoms with Crippen molar-refractivity contribution in [3.05, 3.63) is 88.0 Å². The van der Waals surface area contributed by atoms with E-state index < -0.39 is 17.7 Å². The Kier molecular flexibility index (Phi) is 7.27. The van der Waals surface area contributed by atoms with Crippen LogP contribution >= 0.6 is 11.3 Å². The van der Waals surface area contributed by atoms with Gasteiger partial charge in [0, 0.05) is 12.0 Å². The van der Waals surface area contributed by atoms with Crippen LogP contribution in [0.2, 0.25) is 0 Å². The van der Waals surface area contributed by atoms with Crippen LogP contribution in [-0.2, 0) is 16.0 Å². The number of hydrogen-bond donors (Lipinski definition) is 1. The van der Waals surface area contributed by atoms with Crippen LogP contribution in [-0.4, -0.2) is 34.5 Å². The molecule has 1 aromatic heterocycles. The van der Waals surface area contributed by atoms with Crippen molar-refractivity contribution in [3.8, 4) is 11.5 Å². The van der Waals surface area contributed by atoms with Crippen molar-refractivity contribution in [2.24, 2.45) is 5.92 Å². The summed E-state index contributed by atoms with van der Waals surface area (Å²) in [5, 5.41) is 12.1. The molecule has 1 saturated heterocycles. The summed E-state index contributed by atoms with van der Waals surface area (Å²) in [6.07, 6.45) is 1.63. The molecule has 0 unspecified atom stereocenters. The fraction of sp³-hybridized carbons (Fsp3) is 0.324. The largest absolute Gasteiger partial charge is 0.507 e. The van der Waals surface area contributed by atoms with Gasteiger partial charge in [0.05, 0.1) is 28.4 Å². The molecule has 8 heteroatoms. The van der Waals surface area contributed by atoms with E-state index in [4.69, 9.17) is 14.5 Å². The van der Waals surface area contributed by atoms with E-state index in [-0.39, 0.29) is 17.4 Å². The summed E-state index contributed by atoms with van der Waals surface area (Å²) < 4.78 is 12.8. The highest BCUT2D eigenvalue weighted by atomic mass is 32.1. The molecule has 0 saturated carbocycles. The maximum absolute atomic E-state index is 13.8. The number of Topliss-reactive ketones (excluding diaryl/α,β-unsaturated/α-hetero) is 1. The van der Waals surface area contributed by atoms with E-state index in [0.717, 1.165) is 39.1 Å². The first-order valence-electron chi connectivity index (χ1n) is 14.3. The lowest BCUT2D eigenvalue weighted by Crippen LogP contribution is -2.29. The van der Waals surface area contributed by atoms with Gasteiger partial charge in [0.15, 0.2) is 5.13 Å². The predicted octanol–water partition coefficient (Wildman–Crippen LogP) is 7.29. The van der Waals surface area contributed by atoms with Crippen molar-refractivity contribution in [3.63, 3.8) is 0 Å². The number of ketones is 1. The van der Waals surface area contributed by atoms with Crippen molar-refractivity contribution in [2.45, 2.75) is 59.6 Å². The molecule has 0 aliphatic carbocycles. The molecule has 2 atom stereocenters. The number of ether oxygens (including phenoxy) is 2. The van der Waals surface area contributed by atoms with Crippen LogP contribution in [0.15, 0.2) is 60.2 Å². The highest BCUT2D eigenvalue weighted by Crippen LogP contribution is 2.45. The Morgan fingerprint density at radius 3 is 2.74 bits per heavy atom. The molecule has 2 aliphatic heterocycles. The molecule has 3 aromatic carbocycles. The molecule has 216 valence electrons. The second-order valence-electron chi connectivity index (χ2n) is 11.7. The maximum atomic E-state index is 13.8. The molecule has 0 radical (unpaired) electrons. The third kappa shape index (κ3) is 5.04. The van der Waals surface area contributed by atoms with Gasteiger partial charge < -0.3 is 14.6 Å². The molecule has 1 N–H and O–H groups in total. The van der Waals surface area contributed by atoms with Crippen LogP contribution < -0.4 is 14.4 Å². The van der Waals surface area contributed by atoms with E-state index in [1.54, 1.807) is 12.1 Å². The zero-order chi connectivity index (χ0) is 29.7. The number of carbonyl (C=O) groups is 2. The molecule has 2 aliphatic rings. The Hall–Kier alpha value is -4.17. The van der Waals surface area contributed by atoms with E-state index in [1.807, 2.05) is 63.2 Å². The summed E-state index contributed by atoms with van der Waals surface area (Å²) in [5.74, 6) is 0.204. The fourth-order valence-corrected chi connectivity index (χ4v) is 6.89. The van der Waals surface area contributed by atoms with Gasteiger partial charge in [-0.25, -0.2) is 4.98 Å². The number of aliphatic hydroxyl groups is 1. The molecular formula is C34H34N2O5S. The molecule has 42 heavy (non-hydrogen) atoms. The summed E-state index contributed by atoms with van der Waals surface area (Å²) in [7, 11) is 0. The summed E-state index contributed by atoms with van der Waals surface area (Å²) in [6.45, 7) is 10.8. The van der Waals surface area contributed by atoms with Gasteiger partial charge in [-0.1, -0.05) is 43.4 Å². The number of hydrogen-bond acceptors (Lipinski definition) is 7. The lowest BCUT2D eigenvalue weighted by molar-refractivity contribution is -0.132. The number of benzene rings is 3. The smallest absolute Gasteiger partial charge is 0.301 e. The Morgan fingerprint density at radius 1 is 1.14 bits per heavy atom. The topological polar surface area (TPSA) is 89.0 Å². The van der Waals surface area contributed by atoms with Crippen LogP contribution in [0.4, 0.5) is 5.13 Å². The number of amides is 1. The van der Waals surface area contributed by atoms with E-state index in [1.165, 1.54) is 16.2 Å². The van der Waals surface area contributed by atoms with Gasteiger partial charge >= 0.3 is 5.91 Å². The normalized spacial score (nSPS) is 19.5. The second kappa shape index (κ2) is 10.9. The van der Waals surface area contributed by atoms with Crippen molar-refractivity contribution in [1.29, 1.82) is 0 Å². The highest BCUT2D eigenvalue weighted by molar-refractivity contribution is 7.22. The third-order valence-electron chi connectivity index (χ3n) is 7.78. The Morgan fingerprint density at radius 2 is 1.95 bits per heavy atom. The number of aryl methyl sites for hydroxylation is 2. The second-order valence-corrected chi connectivity index (χ2v) is 12.7. The van der Waals surface area contributed by atoms with Gasteiger partial charge in [0.25, 0.3) is 5.78 Å². The van der Waals surface area contributed by atoms with E-state index >= 15 is 0 Å². The first kappa shape index (κ1) is 28.0. The van der Waals surface area contributed by atoms with Gasteiger partial charge in [-0.3, -0.25) is 14.5 Å². The minimum absolute atomic E-state index is 0.0263. The summed E-state index contributed by atoms with van der Waals surface area (Å²) in [6, 6.07) is 16.0. The van der Waals surface area contributed by atoms with E-state index in [0.29, 0.717) is 41.0 Å². The monoisotopic (exact) mass is 582 g/mol. The Labute approximate surface area is 249 Å². The number of fused-ring (bicyclic) bond motifs is 2. The average Bonchev–Trinajstić information content (AvgIpc) is 3.61. The number of aromatic nitrogens is 1. The number of aliphatic hydroxyl groups excluding tert-OH is 1. The number of rotatable bonds is 7. The molecule has 1 amide bonds. The van der Waals surface area contributed by atoms with Gasteiger partial charge in [-0.2, -0.15) is 0 Å². The molecule has 0 spiro atoms. The molecule has 7 nitrogen and oxygen atoms in total. The van der Waals surface area contributed by atoms with Crippen LogP contribution in [0.3, 0.4) is 0 Å². The van der Waals surface area contributed by atoms with Crippen LogP contribution in [0, 0.1) is 19.8 Å². The predicted molar refractivity (Wildman–Crippen MR) is 166 cm³/mol. The maximum Gasteiger partial charge on any atom is 0.301 e. The van der Waals surface area contributed by atoms with Crippen molar-refractivity contribution >= 4 is 44.1 Å². The minimum atomic E-state index is -0.885. The van der Waals surface area contributed by atoms with Crippen molar-refractivity contribution in [1.82, 2.24) is 4.98 Å². The van der Waals surface area contributed by atoms with E-state index in [9.17, 15) is 14.7 Å². The first-order valence-corrected chi connectivity index (χ1v) is 15.1. The van der Waals surface area contributed by atoms with Gasteiger partial charge in [0.1, 0.15) is 23.4 Å². The number of thiazole rings is 1. The summed E-state index contributed by atoms with van der Waals surface area (Å²) >= 11 is 1.36. The van der Waals surface area contributed by atoms with Crippen LogP contribution in [0.5, 0.6) is 11.5 Å². The SMILES string of the molecule is Cc1cc(C)c2nc(N3C(=O)C(=O)/C(=C(/O)c4ccc5c(c4)C[C@@H](C)O5)[C@@H]3c3cccc(OCCC(C)C)c3)sc2c1. The quantitative estimate of drug-likeness (QED) is 0.140. The van der Waals surface area contributed by atoms with Crippen molar-refractivity contribution < 1.29 is 24.2 Å². The molecular weight excluding hydrogens is 548 g/mol. The van der Waals surface area contributed by atoms with Gasteiger partial charge in [-0.15, -0.1) is 0 Å². The van der Waals surface area contributed by atoms with Crippen LogP contribution in [0.25, 0.3) is 16.0 Å². The highest BCUT2D eigenvalue weighted by Gasteiger charge is 2.48. The number of anilines is 1. The van der Waals surface area contributed by atoms with Crippen molar-refractivity contribution in [2.75, 3.05) is 11.5 Å². The first-order chi connectivity index (χ1) is 20.1.